The second-order valence-electron chi connectivity index (χ2n) is 6.20. The smallest absolute Gasteiger partial charge is 0.325 e. The Balaban J connectivity index is 2.11. The van der Waals surface area contributed by atoms with Gasteiger partial charge in [0.2, 0.25) is 0 Å². The van der Waals surface area contributed by atoms with Gasteiger partial charge in [0, 0.05) is 10.6 Å². The van der Waals surface area contributed by atoms with Gasteiger partial charge in [-0.1, -0.05) is 11.6 Å². The van der Waals surface area contributed by atoms with Crippen LogP contribution in [0.4, 0.5) is 5.69 Å². The van der Waals surface area contributed by atoms with E-state index in [1.807, 2.05) is 0 Å². The Kier molecular flexibility index (Phi) is 6.59. The molecule has 0 saturated carbocycles. The largest absolute Gasteiger partial charge is 0.497 e. The van der Waals surface area contributed by atoms with E-state index in [1.165, 1.54) is 24.0 Å². The number of hydrogen-bond acceptors (Lipinski definition) is 6. The lowest BCUT2D eigenvalue weighted by Crippen LogP contribution is -2.35. The minimum Gasteiger partial charge on any atom is -0.497 e. The van der Waals surface area contributed by atoms with Crippen molar-refractivity contribution in [3.8, 4) is 11.5 Å². The van der Waals surface area contributed by atoms with Crippen LogP contribution in [-0.2, 0) is 14.3 Å². The Morgan fingerprint density at radius 1 is 1.10 bits per heavy atom. The molecule has 2 aromatic rings. The fraction of sp³-hybridized carbons (Fsp3) is 0.190. The molecule has 7 nitrogen and oxygen atoms in total. The molecular weight excluding hydrogens is 428 g/mol. The lowest BCUT2D eigenvalue weighted by Gasteiger charge is -2.19. The Morgan fingerprint density at radius 3 is 2.40 bits per heavy atom. The summed E-state index contributed by atoms with van der Waals surface area (Å²) in [6.45, 7) is -0.219. The van der Waals surface area contributed by atoms with E-state index in [2.05, 4.69) is 0 Å². The third-order valence-corrected chi connectivity index (χ3v) is 5.12. The molecule has 1 aliphatic heterocycles. The summed E-state index contributed by atoms with van der Waals surface area (Å²) in [6, 6.07) is 11.9. The van der Waals surface area contributed by atoms with Gasteiger partial charge in [-0.3, -0.25) is 14.5 Å². The Hall–Kier alpha value is -3.10. The number of nitrogens with zero attached hydrogens (tertiary/aromatic N) is 2. The predicted octanol–water partition coefficient (Wildman–Crippen LogP) is 3.50. The van der Waals surface area contributed by atoms with Crippen molar-refractivity contribution in [1.29, 1.82) is 0 Å². The minimum absolute atomic E-state index is 0.154. The zero-order valence-electron chi connectivity index (χ0n) is 16.5. The van der Waals surface area contributed by atoms with Gasteiger partial charge in [-0.05, 0) is 60.8 Å². The molecule has 2 aromatic carbocycles. The fourth-order valence-electron chi connectivity index (χ4n) is 2.94. The number of carbonyl (C=O) groups excluding carboxylic acids is 2. The summed E-state index contributed by atoms with van der Waals surface area (Å²) in [4.78, 5) is 28.1. The third kappa shape index (κ3) is 4.24. The van der Waals surface area contributed by atoms with Crippen molar-refractivity contribution < 1.29 is 23.8 Å². The number of carbonyl (C=O) groups is 2. The average Bonchev–Trinajstić information content (AvgIpc) is 2.98. The van der Waals surface area contributed by atoms with Gasteiger partial charge in [-0.25, -0.2) is 0 Å². The van der Waals surface area contributed by atoms with Crippen LogP contribution in [0.15, 0.2) is 48.2 Å². The Morgan fingerprint density at radius 2 is 1.80 bits per heavy atom. The SMILES string of the molecule is COC(=O)CN1C(=S)N(c2ccc(Cl)cc2)C(=O)C1=Cc1cc(OC)ccc1OC. The summed E-state index contributed by atoms with van der Waals surface area (Å²) in [5, 5.41) is 0.681. The number of benzene rings is 2. The van der Waals surface area contributed by atoms with Crippen molar-refractivity contribution in [3.63, 3.8) is 0 Å². The number of thiocarbonyl (C=S) groups is 1. The van der Waals surface area contributed by atoms with Crippen molar-refractivity contribution in [2.24, 2.45) is 0 Å². The molecule has 1 aliphatic rings. The lowest BCUT2D eigenvalue weighted by atomic mass is 10.1. The molecule has 0 aromatic heterocycles. The number of amides is 1. The molecule has 0 atom stereocenters. The first kappa shape index (κ1) is 21.6. The predicted molar refractivity (Wildman–Crippen MR) is 118 cm³/mol. The van der Waals surface area contributed by atoms with Crippen LogP contribution >= 0.6 is 23.8 Å². The molecule has 0 aliphatic carbocycles. The van der Waals surface area contributed by atoms with E-state index < -0.39 is 11.9 Å². The molecule has 0 spiro atoms. The number of esters is 1. The zero-order valence-corrected chi connectivity index (χ0v) is 18.1. The van der Waals surface area contributed by atoms with Crippen molar-refractivity contribution >= 4 is 52.6 Å². The number of anilines is 1. The van der Waals surface area contributed by atoms with Crippen LogP contribution in [0.3, 0.4) is 0 Å². The first-order chi connectivity index (χ1) is 14.4. The lowest BCUT2D eigenvalue weighted by molar-refractivity contribution is -0.140. The number of methoxy groups -OCH3 is 3. The van der Waals surface area contributed by atoms with E-state index in [0.29, 0.717) is 27.8 Å². The second kappa shape index (κ2) is 9.15. The fourth-order valence-corrected chi connectivity index (χ4v) is 3.42. The summed E-state index contributed by atoms with van der Waals surface area (Å²) >= 11 is 11.5. The number of rotatable bonds is 6. The van der Waals surface area contributed by atoms with E-state index in [4.69, 9.17) is 38.0 Å². The summed E-state index contributed by atoms with van der Waals surface area (Å²) in [7, 11) is 4.34. The number of halogens is 1. The molecule has 1 fully saturated rings. The van der Waals surface area contributed by atoms with Crippen LogP contribution in [0.25, 0.3) is 6.08 Å². The maximum Gasteiger partial charge on any atom is 0.325 e. The third-order valence-electron chi connectivity index (χ3n) is 4.46. The summed E-state index contributed by atoms with van der Waals surface area (Å²) in [6.07, 6.45) is 1.61. The first-order valence-electron chi connectivity index (χ1n) is 8.81. The van der Waals surface area contributed by atoms with Crippen LogP contribution in [0.1, 0.15) is 5.56 Å². The maximum absolute atomic E-state index is 13.3. The van der Waals surface area contributed by atoms with Crippen LogP contribution in [0.5, 0.6) is 11.5 Å². The highest BCUT2D eigenvalue weighted by atomic mass is 35.5. The van der Waals surface area contributed by atoms with Gasteiger partial charge in [0.1, 0.15) is 23.7 Å². The zero-order chi connectivity index (χ0) is 21.8. The molecule has 30 heavy (non-hydrogen) atoms. The first-order valence-corrected chi connectivity index (χ1v) is 9.60. The van der Waals surface area contributed by atoms with Crippen molar-refractivity contribution in [2.45, 2.75) is 0 Å². The molecule has 0 bridgehead atoms. The molecule has 1 saturated heterocycles. The van der Waals surface area contributed by atoms with Crippen LogP contribution in [0.2, 0.25) is 5.02 Å². The molecule has 9 heteroatoms. The van der Waals surface area contributed by atoms with Gasteiger partial charge in [-0.2, -0.15) is 0 Å². The van der Waals surface area contributed by atoms with Gasteiger partial charge in [0.25, 0.3) is 5.91 Å². The van der Waals surface area contributed by atoms with Gasteiger partial charge in [0.15, 0.2) is 5.11 Å². The van der Waals surface area contributed by atoms with E-state index in [9.17, 15) is 9.59 Å². The monoisotopic (exact) mass is 446 g/mol. The molecule has 0 unspecified atom stereocenters. The molecule has 1 amide bonds. The van der Waals surface area contributed by atoms with Gasteiger partial charge >= 0.3 is 5.97 Å². The standard InChI is InChI=1S/C21H19ClN2O5S/c1-27-16-8-9-18(28-2)13(10-16)11-17-20(26)24(15-6-4-14(22)5-7-15)21(30)23(17)12-19(25)29-3/h4-11H,12H2,1-3H3. The summed E-state index contributed by atoms with van der Waals surface area (Å²) in [5.41, 5.74) is 1.33. The van der Waals surface area contributed by atoms with E-state index in [-0.39, 0.29) is 17.4 Å². The normalized spacial score (nSPS) is 15.0. The molecule has 1 heterocycles. The Bertz CT molecular complexity index is 1020. The molecule has 156 valence electrons. The van der Waals surface area contributed by atoms with Gasteiger partial charge in [-0.15, -0.1) is 0 Å². The van der Waals surface area contributed by atoms with Gasteiger partial charge in [0.05, 0.1) is 27.0 Å². The number of ether oxygens (including phenoxy) is 3. The van der Waals surface area contributed by atoms with E-state index in [0.717, 1.165) is 0 Å². The second-order valence-corrected chi connectivity index (χ2v) is 7.00. The minimum atomic E-state index is -0.536. The highest BCUT2D eigenvalue weighted by Gasteiger charge is 2.40. The summed E-state index contributed by atoms with van der Waals surface area (Å²) < 4.78 is 15.4. The highest BCUT2D eigenvalue weighted by Crippen LogP contribution is 2.32. The van der Waals surface area contributed by atoms with Crippen molar-refractivity contribution in [2.75, 3.05) is 32.8 Å². The molecular formula is C21H19ClN2O5S. The summed E-state index contributed by atoms with van der Waals surface area (Å²) in [5.74, 6) is 0.192. The van der Waals surface area contributed by atoms with E-state index >= 15 is 0 Å². The Labute approximate surface area is 184 Å². The van der Waals surface area contributed by atoms with Crippen molar-refractivity contribution in [3.05, 3.63) is 58.7 Å². The van der Waals surface area contributed by atoms with Crippen LogP contribution < -0.4 is 14.4 Å². The molecule has 3 rings (SSSR count). The topological polar surface area (TPSA) is 68.3 Å². The number of hydrogen-bond donors (Lipinski definition) is 0. The van der Waals surface area contributed by atoms with Crippen molar-refractivity contribution in [1.82, 2.24) is 4.90 Å². The maximum atomic E-state index is 13.3. The van der Waals surface area contributed by atoms with Crippen LogP contribution in [-0.4, -0.2) is 49.8 Å². The highest BCUT2D eigenvalue weighted by molar-refractivity contribution is 7.80. The molecule has 0 radical (unpaired) electrons. The van der Waals surface area contributed by atoms with Crippen LogP contribution in [0, 0.1) is 0 Å². The average molecular weight is 447 g/mol. The molecule has 0 N–H and O–H groups in total. The van der Waals surface area contributed by atoms with E-state index in [1.54, 1.807) is 55.7 Å². The van der Waals surface area contributed by atoms with Gasteiger partial charge < -0.3 is 19.1 Å². The quantitative estimate of drug-likeness (QED) is 0.382.